The third-order valence-electron chi connectivity index (χ3n) is 5.14. The van der Waals surface area contributed by atoms with Crippen LogP contribution in [0.15, 0.2) is 82.7 Å². The van der Waals surface area contributed by atoms with Gasteiger partial charge in [-0.2, -0.15) is 5.10 Å². The molecule has 0 amide bonds. The van der Waals surface area contributed by atoms with Gasteiger partial charge >= 0.3 is 0 Å². The van der Waals surface area contributed by atoms with Crippen LogP contribution in [0.1, 0.15) is 28.5 Å². The van der Waals surface area contributed by atoms with Crippen LogP contribution in [-0.4, -0.2) is 17.8 Å². The van der Waals surface area contributed by atoms with Crippen LogP contribution in [0.4, 0.5) is 5.13 Å². The lowest BCUT2D eigenvalue weighted by Gasteiger charge is -2.22. The molecule has 1 atom stereocenters. The monoisotopic (exact) mass is 447 g/mol. The van der Waals surface area contributed by atoms with Gasteiger partial charge in [0, 0.05) is 18.0 Å². The van der Waals surface area contributed by atoms with Gasteiger partial charge in [0.05, 0.1) is 23.7 Å². The van der Waals surface area contributed by atoms with Gasteiger partial charge in [-0.15, -0.1) is 22.7 Å². The van der Waals surface area contributed by atoms with Gasteiger partial charge in [0.15, 0.2) is 11.5 Å². The van der Waals surface area contributed by atoms with Crippen LogP contribution in [-0.2, 0) is 6.61 Å². The van der Waals surface area contributed by atoms with Gasteiger partial charge in [-0.05, 0) is 34.7 Å². The molecule has 0 fully saturated rings. The topological polar surface area (TPSA) is 47.0 Å². The van der Waals surface area contributed by atoms with Crippen molar-refractivity contribution in [2.75, 3.05) is 12.1 Å². The molecule has 5 nitrogen and oxygen atoms in total. The fraction of sp³-hybridized carbons (Fsp3) is 0.167. The molecule has 0 saturated heterocycles. The number of thiophene rings is 1. The van der Waals surface area contributed by atoms with E-state index in [9.17, 15) is 0 Å². The number of aromatic nitrogens is 1. The fourth-order valence-corrected chi connectivity index (χ4v) is 4.98. The van der Waals surface area contributed by atoms with E-state index in [1.165, 1.54) is 4.88 Å². The second-order valence-electron chi connectivity index (χ2n) is 7.09. The zero-order valence-corrected chi connectivity index (χ0v) is 18.6. The molecule has 1 aliphatic heterocycles. The quantitative estimate of drug-likeness (QED) is 0.341. The normalized spacial score (nSPS) is 15.7. The number of hydrazone groups is 1. The van der Waals surface area contributed by atoms with Crippen molar-refractivity contribution < 1.29 is 9.47 Å². The molecule has 156 valence electrons. The first kappa shape index (κ1) is 19.8. The average molecular weight is 448 g/mol. The zero-order chi connectivity index (χ0) is 21.0. The first-order valence-electron chi connectivity index (χ1n) is 9.96. The molecular weight excluding hydrogens is 426 g/mol. The summed E-state index contributed by atoms with van der Waals surface area (Å²) in [6.45, 7) is 0.497. The molecule has 0 spiro atoms. The van der Waals surface area contributed by atoms with Crippen molar-refractivity contribution in [3.8, 4) is 11.5 Å². The molecule has 7 heteroatoms. The predicted octanol–water partition coefficient (Wildman–Crippen LogP) is 6.15. The summed E-state index contributed by atoms with van der Waals surface area (Å²) < 4.78 is 11.7. The lowest BCUT2D eigenvalue weighted by molar-refractivity contribution is 0.284. The van der Waals surface area contributed by atoms with Crippen LogP contribution >= 0.6 is 22.7 Å². The van der Waals surface area contributed by atoms with Crippen LogP contribution in [0, 0.1) is 0 Å². The van der Waals surface area contributed by atoms with E-state index in [1.807, 2.05) is 40.9 Å². The summed E-state index contributed by atoms with van der Waals surface area (Å²) in [7, 11) is 1.68. The van der Waals surface area contributed by atoms with Crippen molar-refractivity contribution in [2.24, 2.45) is 5.10 Å². The van der Waals surface area contributed by atoms with Gasteiger partial charge in [-0.3, -0.25) is 0 Å². The Morgan fingerprint density at radius 2 is 1.90 bits per heavy atom. The molecule has 2 aromatic heterocycles. The second-order valence-corrected chi connectivity index (χ2v) is 8.91. The Bertz CT molecular complexity index is 1160. The molecule has 4 aromatic rings. The maximum absolute atomic E-state index is 6.03. The van der Waals surface area contributed by atoms with E-state index < -0.39 is 0 Å². The average Bonchev–Trinajstić information content (AvgIpc) is 3.59. The van der Waals surface area contributed by atoms with E-state index in [2.05, 4.69) is 46.8 Å². The number of hydrogen-bond donors (Lipinski definition) is 0. The van der Waals surface area contributed by atoms with Crippen molar-refractivity contribution in [1.29, 1.82) is 0 Å². The van der Waals surface area contributed by atoms with Crippen molar-refractivity contribution in [2.45, 2.75) is 19.1 Å². The lowest BCUT2D eigenvalue weighted by Crippen LogP contribution is -2.18. The molecule has 1 aliphatic rings. The highest BCUT2D eigenvalue weighted by atomic mass is 32.1. The van der Waals surface area contributed by atoms with E-state index in [0.29, 0.717) is 6.61 Å². The van der Waals surface area contributed by atoms with Crippen LogP contribution < -0.4 is 14.5 Å². The fourth-order valence-electron chi connectivity index (χ4n) is 3.61. The van der Waals surface area contributed by atoms with Crippen molar-refractivity contribution in [3.63, 3.8) is 0 Å². The third kappa shape index (κ3) is 4.19. The number of methoxy groups -OCH3 is 1. The molecule has 2 aromatic carbocycles. The van der Waals surface area contributed by atoms with Gasteiger partial charge in [0.2, 0.25) is 5.13 Å². The van der Waals surface area contributed by atoms with E-state index in [0.717, 1.165) is 39.9 Å². The SMILES string of the molecule is COc1cc(C2CC(c3cccs3)=NN2c2nccs2)ccc1OCc1ccccc1. The predicted molar refractivity (Wildman–Crippen MR) is 127 cm³/mol. The summed E-state index contributed by atoms with van der Waals surface area (Å²) in [6.07, 6.45) is 2.63. The molecule has 3 heterocycles. The number of benzene rings is 2. The second kappa shape index (κ2) is 8.91. The van der Waals surface area contributed by atoms with Crippen LogP contribution in [0.5, 0.6) is 11.5 Å². The molecule has 0 bridgehead atoms. The van der Waals surface area contributed by atoms with Crippen LogP contribution in [0.2, 0.25) is 0 Å². The van der Waals surface area contributed by atoms with E-state index >= 15 is 0 Å². The Morgan fingerprint density at radius 3 is 2.65 bits per heavy atom. The first-order valence-corrected chi connectivity index (χ1v) is 11.7. The summed E-state index contributed by atoms with van der Waals surface area (Å²) in [5.74, 6) is 1.45. The maximum atomic E-state index is 6.03. The maximum Gasteiger partial charge on any atom is 0.206 e. The number of rotatable bonds is 7. The Labute approximate surface area is 189 Å². The Morgan fingerprint density at radius 1 is 1.00 bits per heavy atom. The Hall–Kier alpha value is -3.16. The molecule has 0 saturated carbocycles. The molecule has 0 aliphatic carbocycles. The zero-order valence-electron chi connectivity index (χ0n) is 17.0. The van der Waals surface area contributed by atoms with E-state index in [1.54, 1.807) is 29.8 Å². The number of ether oxygens (including phenoxy) is 2. The van der Waals surface area contributed by atoms with Gasteiger partial charge in [0.25, 0.3) is 0 Å². The number of anilines is 1. The minimum Gasteiger partial charge on any atom is -0.493 e. The van der Waals surface area contributed by atoms with E-state index in [4.69, 9.17) is 14.6 Å². The number of thiazole rings is 1. The van der Waals surface area contributed by atoms with Gasteiger partial charge in [-0.25, -0.2) is 9.99 Å². The molecular formula is C24H21N3O2S2. The summed E-state index contributed by atoms with van der Waals surface area (Å²) in [5.41, 5.74) is 3.32. The Balaban J connectivity index is 1.42. The van der Waals surface area contributed by atoms with Gasteiger partial charge in [-0.1, -0.05) is 42.5 Å². The minimum atomic E-state index is 0.0559. The van der Waals surface area contributed by atoms with Gasteiger partial charge in [0.1, 0.15) is 6.61 Å². The number of nitrogens with zero attached hydrogens (tertiary/aromatic N) is 3. The Kier molecular flexibility index (Phi) is 5.69. The molecule has 0 N–H and O–H groups in total. The highest BCUT2D eigenvalue weighted by molar-refractivity contribution is 7.13. The molecule has 5 rings (SSSR count). The number of hydrogen-bond acceptors (Lipinski definition) is 7. The van der Waals surface area contributed by atoms with Crippen molar-refractivity contribution in [3.05, 3.63) is 93.6 Å². The summed E-state index contributed by atoms with van der Waals surface area (Å²) >= 11 is 3.30. The molecule has 0 radical (unpaired) electrons. The van der Waals surface area contributed by atoms with Crippen molar-refractivity contribution >= 4 is 33.5 Å². The highest BCUT2D eigenvalue weighted by Crippen LogP contribution is 2.40. The minimum absolute atomic E-state index is 0.0559. The summed E-state index contributed by atoms with van der Waals surface area (Å²) in [4.78, 5) is 5.69. The smallest absolute Gasteiger partial charge is 0.206 e. The van der Waals surface area contributed by atoms with Crippen LogP contribution in [0.25, 0.3) is 0 Å². The lowest BCUT2D eigenvalue weighted by atomic mass is 10.0. The summed E-state index contributed by atoms with van der Waals surface area (Å²) in [5, 5.41) is 11.9. The summed E-state index contributed by atoms with van der Waals surface area (Å²) in [6, 6.07) is 20.5. The van der Waals surface area contributed by atoms with Gasteiger partial charge < -0.3 is 9.47 Å². The van der Waals surface area contributed by atoms with Crippen molar-refractivity contribution in [1.82, 2.24) is 4.98 Å². The highest BCUT2D eigenvalue weighted by Gasteiger charge is 2.32. The standard InChI is InChI=1S/C24H21N3O2S2/c1-28-22-14-18(9-10-21(22)29-16-17-6-3-2-4-7-17)20-15-19(23-8-5-12-30-23)26-27(20)24-25-11-13-31-24/h2-14,20H,15-16H2,1H3. The largest absolute Gasteiger partial charge is 0.493 e. The molecule has 1 unspecified atom stereocenters. The van der Waals surface area contributed by atoms with Crippen LogP contribution in [0.3, 0.4) is 0 Å². The van der Waals surface area contributed by atoms with E-state index in [-0.39, 0.29) is 6.04 Å². The first-order chi connectivity index (χ1) is 15.3. The third-order valence-corrected chi connectivity index (χ3v) is 6.82. The molecule has 31 heavy (non-hydrogen) atoms.